The molecule has 5 rings (SSSR count). The molecule has 1 unspecified atom stereocenters. The topological polar surface area (TPSA) is 58.6 Å². The van der Waals surface area contributed by atoms with Crippen LogP contribution in [0.4, 0.5) is 5.69 Å². The van der Waals surface area contributed by atoms with Gasteiger partial charge in [0.25, 0.3) is 5.91 Å². The van der Waals surface area contributed by atoms with Crippen molar-refractivity contribution in [1.29, 1.82) is 0 Å². The third-order valence-electron chi connectivity index (χ3n) is 5.81. The van der Waals surface area contributed by atoms with Crippen molar-refractivity contribution in [3.63, 3.8) is 0 Å². The van der Waals surface area contributed by atoms with E-state index in [1.807, 2.05) is 41.3 Å². The first-order valence-corrected chi connectivity index (χ1v) is 11.5. The Balaban J connectivity index is 1.29. The maximum absolute atomic E-state index is 13.2. The molecule has 1 aromatic heterocycles. The van der Waals surface area contributed by atoms with Crippen LogP contribution in [0.25, 0.3) is 0 Å². The average Bonchev–Trinajstić information content (AvgIpc) is 3.55. The zero-order valence-electron chi connectivity index (χ0n) is 17.1. The van der Waals surface area contributed by atoms with E-state index in [1.165, 1.54) is 10.4 Å². The number of carbonyl (C=O) groups is 2. The molecule has 2 aliphatic rings. The van der Waals surface area contributed by atoms with Crippen LogP contribution in [0.1, 0.15) is 34.9 Å². The molecule has 1 saturated carbocycles. The Labute approximate surface area is 185 Å². The molecule has 2 heterocycles. The molecular formula is C25H24N2O3S. The molecule has 6 heteroatoms. The van der Waals surface area contributed by atoms with Crippen molar-refractivity contribution in [2.24, 2.45) is 5.92 Å². The minimum atomic E-state index is -0.0866. The summed E-state index contributed by atoms with van der Waals surface area (Å²) in [4.78, 5) is 28.4. The van der Waals surface area contributed by atoms with Crippen molar-refractivity contribution in [3.05, 3.63) is 82.0 Å². The van der Waals surface area contributed by atoms with E-state index in [4.69, 9.17) is 4.74 Å². The lowest BCUT2D eigenvalue weighted by molar-refractivity contribution is -0.135. The second-order valence-corrected chi connectivity index (χ2v) is 9.03. The number of nitrogens with one attached hydrogen (secondary N) is 1. The van der Waals surface area contributed by atoms with E-state index in [-0.39, 0.29) is 30.4 Å². The molecule has 0 bridgehead atoms. The van der Waals surface area contributed by atoms with Crippen molar-refractivity contribution in [2.75, 3.05) is 18.5 Å². The van der Waals surface area contributed by atoms with E-state index in [0.717, 1.165) is 24.8 Å². The second-order valence-electron chi connectivity index (χ2n) is 8.03. The number of carbonyl (C=O) groups excluding carboxylic acids is 2. The third-order valence-corrected chi connectivity index (χ3v) is 6.81. The molecule has 158 valence electrons. The Morgan fingerprint density at radius 3 is 2.71 bits per heavy atom. The predicted molar refractivity (Wildman–Crippen MR) is 121 cm³/mol. The van der Waals surface area contributed by atoms with E-state index < -0.39 is 0 Å². The van der Waals surface area contributed by atoms with Crippen LogP contribution < -0.4 is 10.1 Å². The molecular weight excluding hydrogens is 408 g/mol. The lowest BCUT2D eigenvalue weighted by Crippen LogP contribution is -2.42. The zero-order chi connectivity index (χ0) is 21.2. The smallest absolute Gasteiger partial charge is 0.261 e. The van der Waals surface area contributed by atoms with E-state index >= 15 is 0 Å². The summed E-state index contributed by atoms with van der Waals surface area (Å²) in [7, 11) is 0. The van der Waals surface area contributed by atoms with Gasteiger partial charge in [-0.15, -0.1) is 11.3 Å². The fourth-order valence-corrected chi connectivity index (χ4v) is 4.97. The van der Waals surface area contributed by atoms with Crippen molar-refractivity contribution in [3.8, 4) is 5.75 Å². The molecule has 2 amide bonds. The minimum Gasteiger partial charge on any atom is -0.484 e. The van der Waals surface area contributed by atoms with Crippen LogP contribution in [0.3, 0.4) is 0 Å². The number of ether oxygens (including phenoxy) is 1. The Bertz CT molecular complexity index is 1090. The summed E-state index contributed by atoms with van der Waals surface area (Å²) in [6.07, 6.45) is 2.78. The molecule has 1 N–H and O–H groups in total. The number of amides is 2. The van der Waals surface area contributed by atoms with Gasteiger partial charge in [0.1, 0.15) is 5.75 Å². The van der Waals surface area contributed by atoms with Gasteiger partial charge >= 0.3 is 0 Å². The largest absolute Gasteiger partial charge is 0.484 e. The number of nitrogens with zero attached hydrogens (tertiary/aromatic N) is 1. The first-order chi connectivity index (χ1) is 15.2. The quantitative estimate of drug-likeness (QED) is 0.617. The highest BCUT2D eigenvalue weighted by molar-refractivity contribution is 7.10. The standard InChI is InChI=1S/C25H24N2O3S/c28-23(16-30-20-8-4-7-19(15-20)26-25(29)18-9-10-18)27-13-11-22-21(12-14-31-22)24(27)17-5-2-1-3-6-17/h1-8,12,14-15,18,24H,9-11,13,16H2,(H,26,29). The zero-order valence-corrected chi connectivity index (χ0v) is 17.9. The summed E-state index contributed by atoms with van der Waals surface area (Å²) < 4.78 is 5.83. The predicted octanol–water partition coefficient (Wildman–Crippen LogP) is 4.65. The monoisotopic (exact) mass is 432 g/mol. The summed E-state index contributed by atoms with van der Waals surface area (Å²) in [5.74, 6) is 0.727. The van der Waals surface area contributed by atoms with Gasteiger partial charge in [0.15, 0.2) is 6.61 Å². The Morgan fingerprint density at radius 1 is 1.06 bits per heavy atom. The highest BCUT2D eigenvalue weighted by Gasteiger charge is 2.33. The Kier molecular flexibility index (Phi) is 5.47. The van der Waals surface area contributed by atoms with Gasteiger partial charge in [-0.3, -0.25) is 9.59 Å². The Hall–Kier alpha value is -3.12. The second kappa shape index (κ2) is 8.55. The molecule has 31 heavy (non-hydrogen) atoms. The fourth-order valence-electron chi connectivity index (χ4n) is 4.06. The number of thiophene rings is 1. The highest BCUT2D eigenvalue weighted by atomic mass is 32.1. The molecule has 1 aliphatic carbocycles. The number of benzene rings is 2. The van der Waals surface area contributed by atoms with E-state index in [0.29, 0.717) is 18.0 Å². The molecule has 0 radical (unpaired) electrons. The van der Waals surface area contributed by atoms with Gasteiger partial charge in [0, 0.05) is 29.1 Å². The van der Waals surface area contributed by atoms with Gasteiger partial charge in [0.05, 0.1) is 6.04 Å². The van der Waals surface area contributed by atoms with Gasteiger partial charge in [-0.25, -0.2) is 0 Å². The molecule has 5 nitrogen and oxygen atoms in total. The number of anilines is 1. The average molecular weight is 433 g/mol. The van der Waals surface area contributed by atoms with E-state index in [2.05, 4.69) is 28.9 Å². The lowest BCUT2D eigenvalue weighted by atomic mass is 9.93. The SMILES string of the molecule is O=C(Nc1cccc(OCC(=O)N2CCc3sccc3C2c2ccccc2)c1)C1CC1. The highest BCUT2D eigenvalue weighted by Crippen LogP contribution is 2.37. The first-order valence-electron chi connectivity index (χ1n) is 10.6. The third kappa shape index (κ3) is 4.35. The van der Waals surface area contributed by atoms with Crippen LogP contribution in [0.5, 0.6) is 5.75 Å². The van der Waals surface area contributed by atoms with E-state index in [1.54, 1.807) is 17.4 Å². The number of hydrogen-bond acceptors (Lipinski definition) is 4. The van der Waals surface area contributed by atoms with Crippen LogP contribution in [0.15, 0.2) is 66.0 Å². The summed E-state index contributed by atoms with van der Waals surface area (Å²) in [6.45, 7) is 0.635. The van der Waals surface area contributed by atoms with Gasteiger partial charge < -0.3 is 15.0 Å². The molecule has 3 aromatic rings. The van der Waals surface area contributed by atoms with Gasteiger partial charge in [-0.2, -0.15) is 0 Å². The Morgan fingerprint density at radius 2 is 1.90 bits per heavy atom. The number of rotatable bonds is 6. The van der Waals surface area contributed by atoms with Crippen LogP contribution >= 0.6 is 11.3 Å². The fraction of sp³-hybridized carbons (Fsp3) is 0.280. The van der Waals surface area contributed by atoms with Gasteiger partial charge in [-0.1, -0.05) is 36.4 Å². The molecule has 1 fully saturated rings. The van der Waals surface area contributed by atoms with Crippen LogP contribution in [0, 0.1) is 5.92 Å². The molecule has 0 spiro atoms. The maximum Gasteiger partial charge on any atom is 0.261 e. The molecule has 1 atom stereocenters. The number of hydrogen-bond donors (Lipinski definition) is 1. The van der Waals surface area contributed by atoms with Gasteiger partial charge in [-0.05, 0) is 54.0 Å². The van der Waals surface area contributed by atoms with Crippen LogP contribution in [-0.4, -0.2) is 29.9 Å². The molecule has 0 saturated heterocycles. The van der Waals surface area contributed by atoms with Gasteiger partial charge in [0.2, 0.25) is 5.91 Å². The van der Waals surface area contributed by atoms with Crippen molar-refractivity contribution in [2.45, 2.75) is 25.3 Å². The molecule has 1 aliphatic heterocycles. The van der Waals surface area contributed by atoms with Crippen LogP contribution in [-0.2, 0) is 16.0 Å². The first kappa shape index (κ1) is 19.8. The summed E-state index contributed by atoms with van der Waals surface area (Å²) >= 11 is 1.76. The summed E-state index contributed by atoms with van der Waals surface area (Å²) in [6, 6.07) is 19.4. The van der Waals surface area contributed by atoms with Crippen molar-refractivity contribution < 1.29 is 14.3 Å². The summed E-state index contributed by atoms with van der Waals surface area (Å²) in [5, 5.41) is 5.02. The lowest BCUT2D eigenvalue weighted by Gasteiger charge is -2.36. The number of fused-ring (bicyclic) bond motifs is 1. The van der Waals surface area contributed by atoms with Crippen molar-refractivity contribution in [1.82, 2.24) is 4.90 Å². The minimum absolute atomic E-state index is 0.0389. The summed E-state index contributed by atoms with van der Waals surface area (Å²) in [5.41, 5.74) is 3.02. The molecule has 2 aromatic carbocycles. The van der Waals surface area contributed by atoms with E-state index in [9.17, 15) is 9.59 Å². The van der Waals surface area contributed by atoms with Crippen molar-refractivity contribution >= 4 is 28.8 Å². The maximum atomic E-state index is 13.2. The normalized spacial score (nSPS) is 17.7. The van der Waals surface area contributed by atoms with Crippen LogP contribution in [0.2, 0.25) is 0 Å².